The molecule has 1 aliphatic rings. The standard InChI is InChI=1S/C12H17FN2/c1-12(2)6-8(12)7-15-10-5-3-4-9(13)11(10)14/h3-5,8,15H,6-7,14H2,1-2H3. The van der Waals surface area contributed by atoms with Crippen LogP contribution in [0.2, 0.25) is 0 Å². The second-order valence-electron chi connectivity index (χ2n) is 4.97. The molecule has 0 spiro atoms. The number of nitrogen functional groups attached to an aromatic ring is 1. The highest BCUT2D eigenvalue weighted by atomic mass is 19.1. The summed E-state index contributed by atoms with van der Waals surface area (Å²) in [6, 6.07) is 4.86. The maximum Gasteiger partial charge on any atom is 0.148 e. The third kappa shape index (κ3) is 2.06. The van der Waals surface area contributed by atoms with Crippen LogP contribution in [0.25, 0.3) is 0 Å². The summed E-state index contributed by atoms with van der Waals surface area (Å²) >= 11 is 0. The van der Waals surface area contributed by atoms with Crippen LogP contribution in [0.15, 0.2) is 18.2 Å². The van der Waals surface area contributed by atoms with E-state index in [9.17, 15) is 4.39 Å². The highest BCUT2D eigenvalue weighted by molar-refractivity contribution is 5.66. The summed E-state index contributed by atoms with van der Waals surface area (Å²) < 4.78 is 13.1. The van der Waals surface area contributed by atoms with E-state index in [0.29, 0.717) is 17.0 Å². The van der Waals surface area contributed by atoms with Crippen LogP contribution in [-0.4, -0.2) is 6.54 Å². The molecule has 0 bridgehead atoms. The Labute approximate surface area is 89.7 Å². The summed E-state index contributed by atoms with van der Waals surface area (Å²) in [7, 11) is 0. The van der Waals surface area contributed by atoms with Crippen LogP contribution in [0.4, 0.5) is 15.8 Å². The number of anilines is 2. The van der Waals surface area contributed by atoms with Gasteiger partial charge in [0.2, 0.25) is 0 Å². The highest BCUT2D eigenvalue weighted by Gasteiger charge is 2.44. The normalized spacial score (nSPS) is 22.5. The van der Waals surface area contributed by atoms with Crippen molar-refractivity contribution in [2.24, 2.45) is 11.3 Å². The average molecular weight is 208 g/mol. The van der Waals surface area contributed by atoms with E-state index in [-0.39, 0.29) is 11.5 Å². The fraction of sp³-hybridized carbons (Fsp3) is 0.500. The molecule has 15 heavy (non-hydrogen) atoms. The van der Waals surface area contributed by atoms with Gasteiger partial charge in [0, 0.05) is 6.54 Å². The van der Waals surface area contributed by atoms with E-state index in [1.165, 1.54) is 12.5 Å². The number of benzene rings is 1. The molecule has 1 atom stereocenters. The van der Waals surface area contributed by atoms with Gasteiger partial charge in [-0.1, -0.05) is 19.9 Å². The van der Waals surface area contributed by atoms with Crippen LogP contribution in [0.3, 0.4) is 0 Å². The first-order valence-electron chi connectivity index (χ1n) is 5.28. The SMILES string of the molecule is CC1(C)CC1CNc1cccc(F)c1N. The summed E-state index contributed by atoms with van der Waals surface area (Å²) in [5.74, 6) is 0.329. The van der Waals surface area contributed by atoms with Gasteiger partial charge in [-0.2, -0.15) is 0 Å². The van der Waals surface area contributed by atoms with Crippen LogP contribution in [-0.2, 0) is 0 Å². The molecule has 3 N–H and O–H groups in total. The molecule has 2 rings (SSSR count). The Kier molecular flexibility index (Phi) is 2.33. The minimum Gasteiger partial charge on any atom is -0.395 e. The van der Waals surface area contributed by atoms with Crippen LogP contribution in [0.5, 0.6) is 0 Å². The van der Waals surface area contributed by atoms with E-state index in [1.807, 2.05) is 6.07 Å². The Morgan fingerprint density at radius 3 is 2.80 bits per heavy atom. The number of halogens is 1. The van der Waals surface area contributed by atoms with Gasteiger partial charge in [0.1, 0.15) is 5.82 Å². The van der Waals surface area contributed by atoms with Crippen molar-refractivity contribution in [3.63, 3.8) is 0 Å². The maximum atomic E-state index is 13.1. The first kappa shape index (κ1) is 10.3. The fourth-order valence-corrected chi connectivity index (χ4v) is 1.85. The molecule has 1 saturated carbocycles. The van der Waals surface area contributed by atoms with Gasteiger partial charge in [-0.15, -0.1) is 0 Å². The zero-order valence-corrected chi connectivity index (χ0v) is 9.18. The number of para-hydroxylation sites is 1. The van der Waals surface area contributed by atoms with Crippen molar-refractivity contribution in [2.45, 2.75) is 20.3 Å². The van der Waals surface area contributed by atoms with E-state index in [2.05, 4.69) is 19.2 Å². The molecule has 82 valence electrons. The number of hydrogen-bond acceptors (Lipinski definition) is 2. The molecule has 0 aromatic heterocycles. The lowest BCUT2D eigenvalue weighted by molar-refractivity contribution is 0.573. The van der Waals surface area contributed by atoms with Gasteiger partial charge in [-0.25, -0.2) is 4.39 Å². The molecule has 2 nitrogen and oxygen atoms in total. The Morgan fingerprint density at radius 1 is 1.53 bits per heavy atom. The van der Waals surface area contributed by atoms with E-state index >= 15 is 0 Å². The quantitative estimate of drug-likeness (QED) is 0.749. The smallest absolute Gasteiger partial charge is 0.148 e. The molecular formula is C12H17FN2. The minimum absolute atomic E-state index is 0.218. The van der Waals surface area contributed by atoms with Crippen molar-refractivity contribution in [2.75, 3.05) is 17.6 Å². The third-order valence-corrected chi connectivity index (χ3v) is 3.31. The predicted molar refractivity (Wildman–Crippen MR) is 61.2 cm³/mol. The van der Waals surface area contributed by atoms with Gasteiger partial charge in [0.15, 0.2) is 0 Å². The zero-order valence-electron chi connectivity index (χ0n) is 9.18. The van der Waals surface area contributed by atoms with Crippen molar-refractivity contribution in [3.8, 4) is 0 Å². The summed E-state index contributed by atoms with van der Waals surface area (Å²) in [5, 5.41) is 3.21. The van der Waals surface area contributed by atoms with Gasteiger partial charge in [0.25, 0.3) is 0 Å². The largest absolute Gasteiger partial charge is 0.395 e. The Morgan fingerprint density at radius 2 is 2.20 bits per heavy atom. The number of nitrogens with one attached hydrogen (secondary N) is 1. The molecule has 1 aromatic rings. The highest BCUT2D eigenvalue weighted by Crippen LogP contribution is 2.51. The maximum absolute atomic E-state index is 13.1. The van der Waals surface area contributed by atoms with E-state index in [1.54, 1.807) is 6.07 Å². The number of nitrogens with two attached hydrogens (primary N) is 1. The second kappa shape index (κ2) is 3.40. The van der Waals surface area contributed by atoms with Gasteiger partial charge in [-0.3, -0.25) is 0 Å². The van der Waals surface area contributed by atoms with Crippen molar-refractivity contribution in [3.05, 3.63) is 24.0 Å². The average Bonchev–Trinajstić information content (AvgIpc) is 2.77. The van der Waals surface area contributed by atoms with Crippen molar-refractivity contribution in [1.82, 2.24) is 0 Å². The lowest BCUT2D eigenvalue weighted by atomic mass is 10.1. The molecule has 0 amide bonds. The van der Waals surface area contributed by atoms with Gasteiger partial charge in [0.05, 0.1) is 11.4 Å². The summed E-state index contributed by atoms with van der Waals surface area (Å²) in [6.45, 7) is 5.36. The number of hydrogen-bond donors (Lipinski definition) is 2. The van der Waals surface area contributed by atoms with Gasteiger partial charge < -0.3 is 11.1 Å². The molecule has 0 radical (unpaired) electrons. The topological polar surface area (TPSA) is 38.0 Å². The monoisotopic (exact) mass is 208 g/mol. The molecule has 3 heteroatoms. The molecule has 0 saturated heterocycles. The van der Waals surface area contributed by atoms with E-state index in [0.717, 1.165) is 6.54 Å². The molecule has 1 aromatic carbocycles. The Balaban J connectivity index is 1.97. The number of rotatable bonds is 3. The molecule has 0 aliphatic heterocycles. The van der Waals surface area contributed by atoms with Gasteiger partial charge in [-0.05, 0) is 29.9 Å². The summed E-state index contributed by atoms with van der Waals surface area (Å²) in [6.07, 6.45) is 1.23. The van der Waals surface area contributed by atoms with Crippen molar-refractivity contribution >= 4 is 11.4 Å². The van der Waals surface area contributed by atoms with Gasteiger partial charge >= 0.3 is 0 Å². The van der Waals surface area contributed by atoms with Crippen LogP contribution in [0.1, 0.15) is 20.3 Å². The predicted octanol–water partition coefficient (Wildman–Crippen LogP) is 2.87. The molecular weight excluding hydrogens is 191 g/mol. The summed E-state index contributed by atoms with van der Waals surface area (Å²) in [4.78, 5) is 0. The molecule has 0 heterocycles. The van der Waals surface area contributed by atoms with Crippen LogP contribution in [0, 0.1) is 17.2 Å². The lowest BCUT2D eigenvalue weighted by Gasteiger charge is -2.10. The minimum atomic E-state index is -0.352. The van der Waals surface area contributed by atoms with E-state index in [4.69, 9.17) is 5.73 Å². The fourth-order valence-electron chi connectivity index (χ4n) is 1.85. The molecule has 1 unspecified atom stereocenters. The molecule has 1 aliphatic carbocycles. The lowest BCUT2D eigenvalue weighted by Crippen LogP contribution is -2.09. The van der Waals surface area contributed by atoms with Crippen LogP contribution >= 0.6 is 0 Å². The summed E-state index contributed by atoms with van der Waals surface area (Å²) in [5.41, 5.74) is 6.98. The first-order valence-corrected chi connectivity index (χ1v) is 5.28. The van der Waals surface area contributed by atoms with Crippen molar-refractivity contribution < 1.29 is 4.39 Å². The van der Waals surface area contributed by atoms with E-state index < -0.39 is 0 Å². The first-order chi connectivity index (χ1) is 7.00. The Bertz CT molecular complexity index is 374. The Hall–Kier alpha value is -1.25. The van der Waals surface area contributed by atoms with Crippen molar-refractivity contribution in [1.29, 1.82) is 0 Å². The molecule has 1 fully saturated rings. The zero-order chi connectivity index (χ0) is 11.1. The van der Waals surface area contributed by atoms with Crippen LogP contribution < -0.4 is 11.1 Å². The third-order valence-electron chi connectivity index (χ3n) is 3.31. The second-order valence-corrected chi connectivity index (χ2v) is 4.97.